The summed E-state index contributed by atoms with van der Waals surface area (Å²) in [7, 11) is 0. The summed E-state index contributed by atoms with van der Waals surface area (Å²) in [4.78, 5) is 1.94. The fourth-order valence-electron chi connectivity index (χ4n) is 3.90. The summed E-state index contributed by atoms with van der Waals surface area (Å²) in [5.74, 6) is 6.33. The van der Waals surface area contributed by atoms with Gasteiger partial charge in [0.15, 0.2) is 0 Å². The van der Waals surface area contributed by atoms with Gasteiger partial charge in [0, 0.05) is 48.7 Å². The van der Waals surface area contributed by atoms with Crippen molar-refractivity contribution in [2.75, 3.05) is 19.7 Å². The molecular formula is C21H21F3N2O. The van der Waals surface area contributed by atoms with Crippen LogP contribution in [0.4, 0.5) is 13.2 Å². The number of benzene rings is 1. The van der Waals surface area contributed by atoms with Crippen LogP contribution in [0.5, 0.6) is 0 Å². The highest BCUT2D eigenvalue weighted by Crippen LogP contribution is 2.36. The van der Waals surface area contributed by atoms with Gasteiger partial charge in [0.2, 0.25) is 0 Å². The Morgan fingerprint density at radius 3 is 2.63 bits per heavy atom. The van der Waals surface area contributed by atoms with Gasteiger partial charge in [0.25, 0.3) is 0 Å². The number of morpholine rings is 1. The Kier molecular flexibility index (Phi) is 4.98. The Hall–Kier alpha value is -2.23. The zero-order valence-electron chi connectivity index (χ0n) is 14.9. The van der Waals surface area contributed by atoms with Crippen molar-refractivity contribution in [3.63, 3.8) is 0 Å². The molecule has 0 radical (unpaired) electrons. The lowest BCUT2D eigenvalue weighted by Crippen LogP contribution is -2.50. The van der Waals surface area contributed by atoms with Crippen LogP contribution in [0.1, 0.15) is 35.8 Å². The molecule has 0 unspecified atom stereocenters. The van der Waals surface area contributed by atoms with E-state index in [-0.39, 0.29) is 18.7 Å². The van der Waals surface area contributed by atoms with Gasteiger partial charge >= 0.3 is 6.18 Å². The second-order valence-electron chi connectivity index (χ2n) is 7.01. The summed E-state index contributed by atoms with van der Waals surface area (Å²) < 4.78 is 46.0. The van der Waals surface area contributed by atoms with Gasteiger partial charge < -0.3 is 9.30 Å². The first-order chi connectivity index (χ1) is 13.0. The maximum Gasteiger partial charge on any atom is 0.390 e. The van der Waals surface area contributed by atoms with Gasteiger partial charge in [0.05, 0.1) is 13.0 Å². The largest absolute Gasteiger partial charge is 0.390 e. The summed E-state index contributed by atoms with van der Waals surface area (Å²) in [6.07, 6.45) is -2.28. The molecule has 0 saturated carbocycles. The first-order valence-electron chi connectivity index (χ1n) is 9.19. The van der Waals surface area contributed by atoms with Crippen LogP contribution in [-0.4, -0.2) is 41.4 Å². The van der Waals surface area contributed by atoms with E-state index in [9.17, 15) is 13.2 Å². The minimum atomic E-state index is -4.12. The van der Waals surface area contributed by atoms with Crippen molar-refractivity contribution < 1.29 is 17.9 Å². The second kappa shape index (κ2) is 7.41. The minimum Gasteiger partial charge on any atom is -0.369 e. The van der Waals surface area contributed by atoms with Crippen LogP contribution in [0.2, 0.25) is 0 Å². The molecule has 0 aliphatic carbocycles. The Balaban J connectivity index is 1.51. The predicted molar refractivity (Wildman–Crippen MR) is 96.2 cm³/mol. The number of aromatic nitrogens is 1. The van der Waals surface area contributed by atoms with E-state index in [1.54, 1.807) is 0 Å². The van der Waals surface area contributed by atoms with Gasteiger partial charge in [-0.15, -0.1) is 0 Å². The summed E-state index contributed by atoms with van der Waals surface area (Å²) >= 11 is 0. The Morgan fingerprint density at radius 1 is 1.07 bits per heavy atom. The summed E-state index contributed by atoms with van der Waals surface area (Å²) in [5.41, 5.74) is 2.87. The fraction of sp³-hybridized carbons (Fsp3) is 0.429. The Morgan fingerprint density at radius 2 is 1.85 bits per heavy atom. The lowest BCUT2D eigenvalue weighted by atomic mass is 9.97. The highest BCUT2D eigenvalue weighted by molar-refractivity contribution is 5.43. The number of aryl methyl sites for hydroxylation is 1. The van der Waals surface area contributed by atoms with E-state index >= 15 is 0 Å². The lowest BCUT2D eigenvalue weighted by Gasteiger charge is -2.44. The molecule has 3 nitrogen and oxygen atoms in total. The molecule has 2 aromatic rings. The SMILES string of the molecule is FC(F)(F)CCN1CCO[C@H]2c3cc(C#Cc4ccccc4)cn3CC[C@H]21. The number of rotatable bonds is 2. The molecule has 3 heterocycles. The lowest BCUT2D eigenvalue weighted by molar-refractivity contribution is -0.149. The van der Waals surface area contributed by atoms with Crippen molar-refractivity contribution in [2.24, 2.45) is 0 Å². The Bertz CT molecular complexity index is 848. The molecule has 0 bridgehead atoms. The first-order valence-corrected chi connectivity index (χ1v) is 9.19. The number of fused-ring (bicyclic) bond motifs is 3. The average molecular weight is 374 g/mol. The smallest absolute Gasteiger partial charge is 0.369 e. The normalized spacial score (nSPS) is 22.5. The molecule has 1 aromatic carbocycles. The third-order valence-corrected chi connectivity index (χ3v) is 5.19. The van der Waals surface area contributed by atoms with Crippen LogP contribution in [0, 0.1) is 11.8 Å². The van der Waals surface area contributed by atoms with E-state index in [2.05, 4.69) is 16.4 Å². The van der Waals surface area contributed by atoms with Gasteiger partial charge in [0.1, 0.15) is 6.10 Å². The number of alkyl halides is 3. The molecule has 1 aromatic heterocycles. The zero-order valence-corrected chi connectivity index (χ0v) is 14.9. The number of nitrogens with zero attached hydrogens (tertiary/aromatic N) is 2. The molecule has 142 valence electrons. The summed E-state index contributed by atoms with van der Waals surface area (Å²) in [6, 6.07) is 11.8. The van der Waals surface area contributed by atoms with Crippen molar-refractivity contribution in [3.05, 3.63) is 59.4 Å². The average Bonchev–Trinajstić information content (AvgIpc) is 3.08. The quantitative estimate of drug-likeness (QED) is 0.740. The van der Waals surface area contributed by atoms with Crippen molar-refractivity contribution >= 4 is 0 Å². The highest BCUT2D eigenvalue weighted by Gasteiger charge is 2.39. The summed E-state index contributed by atoms with van der Waals surface area (Å²) in [5, 5.41) is 0. The third-order valence-electron chi connectivity index (χ3n) is 5.19. The molecule has 27 heavy (non-hydrogen) atoms. The minimum absolute atomic E-state index is 0.00145. The first kappa shape index (κ1) is 18.1. The molecule has 2 atom stereocenters. The molecule has 4 rings (SSSR count). The van der Waals surface area contributed by atoms with Crippen LogP contribution in [0.3, 0.4) is 0 Å². The summed E-state index contributed by atoms with van der Waals surface area (Å²) in [6.45, 7) is 1.82. The number of halogens is 3. The van der Waals surface area contributed by atoms with Crippen molar-refractivity contribution in [1.29, 1.82) is 0 Å². The van der Waals surface area contributed by atoms with E-state index in [0.717, 1.165) is 29.8 Å². The van der Waals surface area contributed by atoms with Gasteiger partial charge in [-0.1, -0.05) is 30.0 Å². The molecule has 0 N–H and O–H groups in total. The highest BCUT2D eigenvalue weighted by atomic mass is 19.4. The second-order valence-corrected chi connectivity index (χ2v) is 7.01. The van der Waals surface area contributed by atoms with E-state index in [4.69, 9.17) is 4.74 Å². The number of ether oxygens (including phenoxy) is 1. The molecular weight excluding hydrogens is 353 g/mol. The maximum atomic E-state index is 12.6. The zero-order chi connectivity index (χ0) is 18.9. The molecule has 2 aliphatic heterocycles. The van der Waals surface area contributed by atoms with Crippen LogP contribution >= 0.6 is 0 Å². The van der Waals surface area contributed by atoms with Crippen LogP contribution < -0.4 is 0 Å². The third kappa shape index (κ3) is 4.20. The van der Waals surface area contributed by atoms with Gasteiger partial charge in [-0.25, -0.2) is 0 Å². The van der Waals surface area contributed by atoms with Crippen LogP contribution in [-0.2, 0) is 11.3 Å². The van der Waals surface area contributed by atoms with E-state index in [1.165, 1.54) is 0 Å². The molecule has 0 spiro atoms. The molecule has 2 aliphatic rings. The monoisotopic (exact) mass is 374 g/mol. The van der Waals surface area contributed by atoms with Gasteiger partial charge in [-0.3, -0.25) is 4.90 Å². The fourth-order valence-corrected chi connectivity index (χ4v) is 3.90. The molecule has 0 amide bonds. The van der Waals surface area contributed by atoms with E-state index < -0.39 is 12.6 Å². The van der Waals surface area contributed by atoms with E-state index in [0.29, 0.717) is 13.2 Å². The molecule has 6 heteroatoms. The topological polar surface area (TPSA) is 17.4 Å². The van der Waals surface area contributed by atoms with Crippen LogP contribution in [0.25, 0.3) is 0 Å². The van der Waals surface area contributed by atoms with Gasteiger partial charge in [-0.2, -0.15) is 13.2 Å². The van der Waals surface area contributed by atoms with Crippen molar-refractivity contribution in [3.8, 4) is 11.8 Å². The van der Waals surface area contributed by atoms with Crippen molar-refractivity contribution in [1.82, 2.24) is 9.47 Å². The number of hydrogen-bond acceptors (Lipinski definition) is 2. The van der Waals surface area contributed by atoms with Crippen molar-refractivity contribution in [2.45, 2.75) is 37.7 Å². The molecule has 1 saturated heterocycles. The van der Waals surface area contributed by atoms with Crippen LogP contribution in [0.15, 0.2) is 42.6 Å². The molecule has 1 fully saturated rings. The van der Waals surface area contributed by atoms with Gasteiger partial charge in [-0.05, 0) is 24.6 Å². The maximum absolute atomic E-state index is 12.6. The number of hydrogen-bond donors (Lipinski definition) is 0. The Labute approximate surface area is 156 Å². The van der Waals surface area contributed by atoms with E-state index in [1.807, 2.05) is 47.5 Å². The standard InChI is InChI=1S/C21H21F3N2O/c22-21(23,24)9-11-25-12-13-27-20-18(25)8-10-26-15-17(14-19(20)26)7-6-16-4-2-1-3-5-16/h1-5,14-15,18,20H,8-13H2/t18-,20-/m1/s1. The predicted octanol–water partition coefficient (Wildman–Crippen LogP) is 3.99.